The van der Waals surface area contributed by atoms with E-state index in [-0.39, 0.29) is 6.09 Å². The predicted octanol–water partition coefficient (Wildman–Crippen LogP) is 3.10. The fourth-order valence-corrected chi connectivity index (χ4v) is 2.48. The molecule has 112 valence electrons. The summed E-state index contributed by atoms with van der Waals surface area (Å²) in [7, 11) is 0. The number of alkyl halides is 1. The minimum Gasteiger partial charge on any atom is -0.444 e. The molecule has 1 rings (SSSR count). The largest absolute Gasteiger partial charge is 0.444 e. The third kappa shape index (κ3) is 7.16. The summed E-state index contributed by atoms with van der Waals surface area (Å²) in [5.41, 5.74) is -0.399. The number of rotatable bonds is 5. The number of carbonyl (C=O) groups is 1. The highest BCUT2D eigenvalue weighted by atomic mass is 79.9. The van der Waals surface area contributed by atoms with Crippen LogP contribution in [0.4, 0.5) is 4.79 Å². The van der Waals surface area contributed by atoms with Crippen LogP contribution in [-0.2, 0) is 4.74 Å². The van der Waals surface area contributed by atoms with Crippen molar-refractivity contribution in [2.75, 3.05) is 38.1 Å². The highest BCUT2D eigenvalue weighted by Crippen LogP contribution is 2.12. The molecule has 1 heterocycles. The number of ether oxygens (including phenoxy) is 1. The zero-order valence-electron chi connectivity index (χ0n) is 12.5. The Morgan fingerprint density at radius 3 is 2.26 bits per heavy atom. The van der Waals surface area contributed by atoms with Gasteiger partial charge in [0.05, 0.1) is 0 Å². The van der Waals surface area contributed by atoms with Gasteiger partial charge in [-0.15, -0.1) is 0 Å². The zero-order chi connectivity index (χ0) is 14.3. The molecule has 0 aliphatic carbocycles. The van der Waals surface area contributed by atoms with Gasteiger partial charge in [0.2, 0.25) is 0 Å². The molecule has 0 N–H and O–H groups in total. The molecule has 5 heteroatoms. The second-order valence-electron chi connectivity index (χ2n) is 6.06. The summed E-state index contributed by atoms with van der Waals surface area (Å²) in [6.07, 6.45) is 3.60. The first-order valence-corrected chi connectivity index (χ1v) is 8.31. The van der Waals surface area contributed by atoms with E-state index in [0.717, 1.165) is 38.1 Å². The number of piperazine rings is 1. The maximum absolute atomic E-state index is 11.9. The van der Waals surface area contributed by atoms with Gasteiger partial charge in [-0.2, -0.15) is 0 Å². The Kier molecular flexibility index (Phi) is 7.15. The van der Waals surface area contributed by atoms with Gasteiger partial charge < -0.3 is 9.64 Å². The summed E-state index contributed by atoms with van der Waals surface area (Å²) >= 11 is 3.45. The maximum Gasteiger partial charge on any atom is 0.410 e. The Morgan fingerprint density at radius 2 is 1.74 bits per heavy atom. The molecule has 0 aromatic rings. The molecule has 0 spiro atoms. The molecule has 0 radical (unpaired) electrons. The van der Waals surface area contributed by atoms with E-state index in [1.54, 1.807) is 0 Å². The summed E-state index contributed by atoms with van der Waals surface area (Å²) in [6, 6.07) is 0. The molecule has 0 aromatic heterocycles. The molecule has 1 amide bonds. The van der Waals surface area contributed by atoms with Crippen molar-refractivity contribution >= 4 is 22.0 Å². The Balaban J connectivity index is 2.19. The van der Waals surface area contributed by atoms with Gasteiger partial charge in [-0.3, -0.25) is 4.90 Å². The highest BCUT2D eigenvalue weighted by molar-refractivity contribution is 9.09. The number of carbonyl (C=O) groups excluding carboxylic acids is 1. The van der Waals surface area contributed by atoms with E-state index < -0.39 is 5.60 Å². The lowest BCUT2D eigenvalue weighted by Gasteiger charge is -2.35. The molecule has 0 saturated carbocycles. The van der Waals surface area contributed by atoms with Crippen molar-refractivity contribution in [2.45, 2.75) is 45.6 Å². The minimum atomic E-state index is -0.399. The smallest absolute Gasteiger partial charge is 0.410 e. The molecule has 0 bridgehead atoms. The van der Waals surface area contributed by atoms with Crippen molar-refractivity contribution in [3.8, 4) is 0 Å². The Labute approximate surface area is 125 Å². The van der Waals surface area contributed by atoms with Crippen molar-refractivity contribution in [1.29, 1.82) is 0 Å². The number of halogens is 1. The van der Waals surface area contributed by atoms with Crippen LogP contribution in [0.3, 0.4) is 0 Å². The summed E-state index contributed by atoms with van der Waals surface area (Å²) in [5, 5.41) is 1.10. The summed E-state index contributed by atoms with van der Waals surface area (Å²) in [6.45, 7) is 10.4. The van der Waals surface area contributed by atoms with Crippen molar-refractivity contribution in [2.24, 2.45) is 0 Å². The second-order valence-corrected chi connectivity index (χ2v) is 6.85. The van der Waals surface area contributed by atoms with Gasteiger partial charge in [-0.1, -0.05) is 22.4 Å². The molecular weight excluding hydrogens is 308 g/mol. The van der Waals surface area contributed by atoms with Gasteiger partial charge in [0.15, 0.2) is 0 Å². The fourth-order valence-electron chi connectivity index (χ4n) is 2.09. The lowest BCUT2D eigenvalue weighted by atomic mass is 10.2. The molecule has 0 atom stereocenters. The van der Waals surface area contributed by atoms with Crippen LogP contribution >= 0.6 is 15.9 Å². The Hall–Kier alpha value is -0.290. The number of amides is 1. The summed E-state index contributed by atoms with van der Waals surface area (Å²) < 4.78 is 5.39. The molecule has 4 nitrogen and oxygen atoms in total. The van der Waals surface area contributed by atoms with Crippen LogP contribution in [0.2, 0.25) is 0 Å². The molecule has 19 heavy (non-hydrogen) atoms. The van der Waals surface area contributed by atoms with Gasteiger partial charge in [0.1, 0.15) is 5.60 Å². The molecule has 1 saturated heterocycles. The van der Waals surface area contributed by atoms with E-state index in [0.29, 0.717) is 0 Å². The quantitative estimate of drug-likeness (QED) is 0.572. The minimum absolute atomic E-state index is 0.175. The van der Waals surface area contributed by atoms with Crippen molar-refractivity contribution in [1.82, 2.24) is 9.80 Å². The first-order chi connectivity index (χ1) is 8.92. The maximum atomic E-state index is 11.9. The summed E-state index contributed by atoms with van der Waals surface area (Å²) in [4.78, 5) is 16.2. The molecule has 1 fully saturated rings. The van der Waals surface area contributed by atoms with Gasteiger partial charge in [0.25, 0.3) is 0 Å². The van der Waals surface area contributed by atoms with Crippen LogP contribution in [0.5, 0.6) is 0 Å². The molecular formula is C14H27BrN2O2. The summed E-state index contributed by atoms with van der Waals surface area (Å²) in [5.74, 6) is 0. The second kappa shape index (κ2) is 8.10. The van der Waals surface area contributed by atoms with E-state index in [2.05, 4.69) is 20.8 Å². The average molecular weight is 335 g/mol. The number of nitrogens with zero attached hydrogens (tertiary/aromatic N) is 2. The van der Waals surface area contributed by atoms with E-state index in [1.165, 1.54) is 19.3 Å². The van der Waals surface area contributed by atoms with E-state index in [1.807, 2.05) is 25.7 Å². The molecule has 0 aromatic carbocycles. The van der Waals surface area contributed by atoms with Crippen LogP contribution < -0.4 is 0 Å². The van der Waals surface area contributed by atoms with Gasteiger partial charge in [0, 0.05) is 31.5 Å². The van der Waals surface area contributed by atoms with Crippen LogP contribution in [0, 0.1) is 0 Å². The molecule has 0 unspecified atom stereocenters. The molecule has 1 aliphatic rings. The normalized spacial score (nSPS) is 17.6. The lowest BCUT2D eigenvalue weighted by Crippen LogP contribution is -2.50. The number of hydrogen-bond acceptors (Lipinski definition) is 3. The van der Waals surface area contributed by atoms with E-state index >= 15 is 0 Å². The van der Waals surface area contributed by atoms with Crippen molar-refractivity contribution in [3.63, 3.8) is 0 Å². The Morgan fingerprint density at radius 1 is 1.11 bits per heavy atom. The number of hydrogen-bond donors (Lipinski definition) is 0. The topological polar surface area (TPSA) is 32.8 Å². The monoisotopic (exact) mass is 334 g/mol. The SMILES string of the molecule is CC(C)(C)OC(=O)N1CCN(CCCCCBr)CC1. The van der Waals surface area contributed by atoms with Crippen molar-refractivity contribution < 1.29 is 9.53 Å². The lowest BCUT2D eigenvalue weighted by molar-refractivity contribution is 0.0144. The predicted molar refractivity (Wildman–Crippen MR) is 81.9 cm³/mol. The van der Waals surface area contributed by atoms with E-state index in [4.69, 9.17) is 4.74 Å². The van der Waals surface area contributed by atoms with Gasteiger partial charge >= 0.3 is 6.09 Å². The first kappa shape index (κ1) is 16.8. The van der Waals surface area contributed by atoms with Crippen LogP contribution in [0.15, 0.2) is 0 Å². The third-order valence-electron chi connectivity index (χ3n) is 3.13. The average Bonchev–Trinajstić information content (AvgIpc) is 2.33. The fraction of sp³-hybridized carbons (Fsp3) is 0.929. The van der Waals surface area contributed by atoms with Crippen LogP contribution in [0.1, 0.15) is 40.0 Å². The van der Waals surface area contributed by atoms with E-state index in [9.17, 15) is 4.79 Å². The standard InChI is InChI=1S/C14H27BrN2O2/c1-14(2,3)19-13(18)17-11-9-16(10-12-17)8-6-4-5-7-15/h4-12H2,1-3H3. The van der Waals surface area contributed by atoms with Crippen molar-refractivity contribution in [3.05, 3.63) is 0 Å². The first-order valence-electron chi connectivity index (χ1n) is 7.18. The zero-order valence-corrected chi connectivity index (χ0v) is 14.0. The third-order valence-corrected chi connectivity index (χ3v) is 3.69. The van der Waals surface area contributed by atoms with Crippen LogP contribution in [0.25, 0.3) is 0 Å². The van der Waals surface area contributed by atoms with Crippen LogP contribution in [-0.4, -0.2) is 59.5 Å². The Bertz CT molecular complexity index is 271. The molecule has 1 aliphatic heterocycles. The van der Waals surface area contributed by atoms with Gasteiger partial charge in [-0.25, -0.2) is 4.79 Å². The van der Waals surface area contributed by atoms with Gasteiger partial charge in [-0.05, 0) is 40.2 Å². The number of unbranched alkanes of at least 4 members (excludes halogenated alkanes) is 2. The highest BCUT2D eigenvalue weighted by Gasteiger charge is 2.25.